The molecule has 1 heterocycles. The molecular weight excluding hydrogens is 259 g/mol. The van der Waals surface area contributed by atoms with Gasteiger partial charge in [0.1, 0.15) is 5.82 Å². The maximum Gasteiger partial charge on any atom is 0.237 e. The van der Waals surface area contributed by atoms with Gasteiger partial charge in [-0.05, 0) is 24.1 Å². The molecule has 98 valence electrons. The van der Waals surface area contributed by atoms with Crippen molar-refractivity contribution in [3.05, 3.63) is 34.6 Å². The van der Waals surface area contributed by atoms with Crippen LogP contribution in [0.25, 0.3) is 0 Å². The summed E-state index contributed by atoms with van der Waals surface area (Å²) >= 11 is 5.64. The summed E-state index contributed by atoms with van der Waals surface area (Å²) in [6, 6.07) is 3.95. The zero-order valence-corrected chi connectivity index (χ0v) is 10.4. The second-order valence-electron chi connectivity index (χ2n) is 4.32. The maximum atomic E-state index is 12.9. The zero-order valence-electron chi connectivity index (χ0n) is 9.62. The summed E-state index contributed by atoms with van der Waals surface area (Å²) in [5, 5.41) is 15.0. The highest BCUT2D eigenvalue weighted by atomic mass is 35.5. The number of aliphatic hydroxyl groups is 1. The first-order chi connectivity index (χ1) is 8.56. The van der Waals surface area contributed by atoms with Gasteiger partial charge in [0, 0.05) is 13.1 Å². The van der Waals surface area contributed by atoms with Crippen LogP contribution < -0.4 is 10.6 Å². The molecule has 1 aromatic rings. The highest BCUT2D eigenvalue weighted by Crippen LogP contribution is 2.16. The molecule has 1 aliphatic heterocycles. The number of rotatable bonds is 3. The minimum absolute atomic E-state index is 0.0381. The normalized spacial score (nSPS) is 23.1. The summed E-state index contributed by atoms with van der Waals surface area (Å²) in [7, 11) is 0. The number of hydrogen-bond donors (Lipinski definition) is 3. The number of nitrogens with one attached hydrogen (secondary N) is 2. The average molecular weight is 273 g/mol. The molecule has 18 heavy (non-hydrogen) atoms. The Morgan fingerprint density at radius 2 is 2.39 bits per heavy atom. The van der Waals surface area contributed by atoms with Crippen LogP contribution in [0.4, 0.5) is 4.39 Å². The van der Waals surface area contributed by atoms with E-state index in [2.05, 4.69) is 10.6 Å². The Morgan fingerprint density at radius 3 is 3.00 bits per heavy atom. The van der Waals surface area contributed by atoms with E-state index in [1.54, 1.807) is 6.07 Å². The van der Waals surface area contributed by atoms with Crippen LogP contribution in [0, 0.1) is 5.82 Å². The van der Waals surface area contributed by atoms with Crippen molar-refractivity contribution in [2.45, 2.75) is 25.1 Å². The molecule has 1 saturated heterocycles. The smallest absolute Gasteiger partial charge is 0.237 e. The molecule has 1 aromatic carbocycles. The average Bonchev–Trinajstić information content (AvgIpc) is 2.77. The number of halogens is 2. The van der Waals surface area contributed by atoms with Gasteiger partial charge in [-0.3, -0.25) is 4.79 Å². The lowest BCUT2D eigenvalue weighted by molar-refractivity contribution is -0.123. The summed E-state index contributed by atoms with van der Waals surface area (Å²) in [5.74, 6) is -0.653. The first-order valence-corrected chi connectivity index (χ1v) is 6.07. The Morgan fingerprint density at radius 1 is 1.61 bits per heavy atom. The molecule has 0 aliphatic carbocycles. The molecule has 2 atom stereocenters. The van der Waals surface area contributed by atoms with Gasteiger partial charge in [-0.25, -0.2) is 4.39 Å². The predicted molar refractivity (Wildman–Crippen MR) is 65.7 cm³/mol. The van der Waals surface area contributed by atoms with Gasteiger partial charge >= 0.3 is 0 Å². The minimum Gasteiger partial charge on any atom is -0.392 e. The van der Waals surface area contributed by atoms with E-state index in [1.165, 1.54) is 12.1 Å². The van der Waals surface area contributed by atoms with Crippen LogP contribution in [0.5, 0.6) is 0 Å². The van der Waals surface area contributed by atoms with Crippen LogP contribution in [0.1, 0.15) is 12.0 Å². The van der Waals surface area contributed by atoms with Crippen LogP contribution in [0.3, 0.4) is 0 Å². The first kappa shape index (κ1) is 13.3. The molecule has 0 spiro atoms. The molecule has 2 unspecified atom stereocenters. The van der Waals surface area contributed by atoms with E-state index in [-0.39, 0.29) is 23.5 Å². The summed E-state index contributed by atoms with van der Waals surface area (Å²) in [6.07, 6.45) is -0.0586. The van der Waals surface area contributed by atoms with E-state index in [1.807, 2.05) is 0 Å². The molecular formula is C12H14ClFN2O2. The van der Waals surface area contributed by atoms with Gasteiger partial charge in [0.2, 0.25) is 5.91 Å². The van der Waals surface area contributed by atoms with E-state index in [0.29, 0.717) is 13.0 Å². The summed E-state index contributed by atoms with van der Waals surface area (Å²) in [4.78, 5) is 11.7. The molecule has 3 N–H and O–H groups in total. The summed E-state index contributed by atoms with van der Waals surface area (Å²) < 4.78 is 12.9. The van der Waals surface area contributed by atoms with Gasteiger partial charge in [-0.15, -0.1) is 0 Å². The van der Waals surface area contributed by atoms with Crippen molar-refractivity contribution in [1.29, 1.82) is 0 Å². The molecule has 6 heteroatoms. The number of carbonyl (C=O) groups is 1. The fraction of sp³-hybridized carbons (Fsp3) is 0.417. The van der Waals surface area contributed by atoms with Gasteiger partial charge in [-0.1, -0.05) is 17.7 Å². The monoisotopic (exact) mass is 272 g/mol. The van der Waals surface area contributed by atoms with E-state index in [9.17, 15) is 14.3 Å². The minimum atomic E-state index is -0.479. The molecule has 0 aromatic heterocycles. The Bertz CT molecular complexity index is 456. The third-order valence-corrected chi connectivity index (χ3v) is 3.16. The molecule has 4 nitrogen and oxygen atoms in total. The summed E-state index contributed by atoms with van der Waals surface area (Å²) in [6.45, 7) is 0.716. The third kappa shape index (κ3) is 3.19. The van der Waals surface area contributed by atoms with Crippen molar-refractivity contribution in [3.8, 4) is 0 Å². The highest BCUT2D eigenvalue weighted by molar-refractivity contribution is 6.30. The van der Waals surface area contributed by atoms with Gasteiger partial charge in [0.05, 0.1) is 17.2 Å². The Hall–Kier alpha value is -1.17. The number of β-amino-alcohol motifs (C(OH)–C–C–N with tert-alkyl or cyclic N) is 1. The molecule has 2 rings (SSSR count). The first-order valence-electron chi connectivity index (χ1n) is 5.69. The van der Waals surface area contributed by atoms with Crippen LogP contribution in [0.2, 0.25) is 5.02 Å². The Kier molecular flexibility index (Phi) is 4.16. The standard InChI is InChI=1S/C12H14ClFN2O2/c13-9-3-7(1-2-10(9)14)5-16-12(18)11-4-8(17)6-15-11/h1-3,8,11,15,17H,4-6H2,(H,16,18). The Labute approximate surface area is 109 Å². The number of amides is 1. The summed E-state index contributed by atoms with van der Waals surface area (Å²) in [5.41, 5.74) is 0.730. The second kappa shape index (κ2) is 5.65. The number of benzene rings is 1. The van der Waals surface area contributed by atoms with Crippen molar-refractivity contribution >= 4 is 17.5 Å². The van der Waals surface area contributed by atoms with Gasteiger partial charge in [-0.2, -0.15) is 0 Å². The van der Waals surface area contributed by atoms with Gasteiger partial charge < -0.3 is 15.7 Å². The van der Waals surface area contributed by atoms with Crippen LogP contribution in [-0.2, 0) is 11.3 Å². The van der Waals surface area contributed by atoms with Crippen molar-refractivity contribution < 1.29 is 14.3 Å². The number of aliphatic hydroxyl groups excluding tert-OH is 1. The van der Waals surface area contributed by atoms with Gasteiger partial charge in [0.15, 0.2) is 0 Å². The maximum absolute atomic E-state index is 12.9. The van der Waals surface area contributed by atoms with Crippen molar-refractivity contribution in [2.24, 2.45) is 0 Å². The second-order valence-corrected chi connectivity index (χ2v) is 4.72. The molecule has 1 fully saturated rings. The van der Waals surface area contributed by atoms with E-state index in [4.69, 9.17) is 11.6 Å². The molecule has 0 bridgehead atoms. The van der Waals surface area contributed by atoms with Crippen molar-refractivity contribution in [3.63, 3.8) is 0 Å². The van der Waals surface area contributed by atoms with Crippen LogP contribution in [0.15, 0.2) is 18.2 Å². The molecule has 0 saturated carbocycles. The van der Waals surface area contributed by atoms with E-state index in [0.717, 1.165) is 5.56 Å². The molecule has 0 radical (unpaired) electrons. The van der Waals surface area contributed by atoms with Crippen molar-refractivity contribution in [2.75, 3.05) is 6.54 Å². The largest absolute Gasteiger partial charge is 0.392 e. The zero-order chi connectivity index (χ0) is 13.1. The number of carbonyl (C=O) groups excluding carboxylic acids is 1. The van der Waals surface area contributed by atoms with Gasteiger partial charge in [0.25, 0.3) is 0 Å². The van der Waals surface area contributed by atoms with Crippen LogP contribution in [-0.4, -0.2) is 29.7 Å². The quantitative estimate of drug-likeness (QED) is 0.763. The topological polar surface area (TPSA) is 61.4 Å². The van der Waals surface area contributed by atoms with E-state index < -0.39 is 11.9 Å². The lowest BCUT2D eigenvalue weighted by Gasteiger charge is -2.11. The lowest BCUT2D eigenvalue weighted by Crippen LogP contribution is -2.40. The number of hydrogen-bond acceptors (Lipinski definition) is 3. The molecule has 1 amide bonds. The fourth-order valence-corrected chi connectivity index (χ4v) is 2.08. The highest BCUT2D eigenvalue weighted by Gasteiger charge is 2.27. The predicted octanol–water partition coefficient (Wildman–Crippen LogP) is 0.818. The fourth-order valence-electron chi connectivity index (χ4n) is 1.88. The third-order valence-electron chi connectivity index (χ3n) is 2.87. The van der Waals surface area contributed by atoms with Crippen LogP contribution >= 0.6 is 11.6 Å². The van der Waals surface area contributed by atoms with E-state index >= 15 is 0 Å². The van der Waals surface area contributed by atoms with Crippen molar-refractivity contribution in [1.82, 2.24) is 10.6 Å². The Balaban J connectivity index is 1.87. The lowest BCUT2D eigenvalue weighted by atomic mass is 10.2. The molecule has 1 aliphatic rings. The SMILES string of the molecule is O=C(NCc1ccc(F)c(Cl)c1)C1CC(O)CN1.